The van der Waals surface area contributed by atoms with Crippen molar-refractivity contribution in [2.24, 2.45) is 0 Å². The second kappa shape index (κ2) is 6.50. The summed E-state index contributed by atoms with van der Waals surface area (Å²) in [5.74, 6) is -0.205. The average Bonchev–Trinajstić information content (AvgIpc) is 2.45. The molecule has 1 N–H and O–H groups in total. The third kappa shape index (κ3) is 3.22. The van der Waals surface area contributed by atoms with Gasteiger partial charge in [0, 0.05) is 19.7 Å². The summed E-state index contributed by atoms with van der Waals surface area (Å²) in [7, 11) is 3.05. The molecule has 1 aromatic rings. The first-order valence-corrected chi connectivity index (χ1v) is 5.82. The summed E-state index contributed by atoms with van der Waals surface area (Å²) in [6.45, 7) is 5.82. The standard InChI is InChI=1S/C12H16N4O4/c1-5-10(17)13-8-7-9(16(18)19)12(20-4)14-11(8)15(3)6-2/h5,7H,1,6H2,2-4H3,(H,13,17). The molecule has 0 bridgehead atoms. The molecule has 0 aliphatic carbocycles. The highest BCUT2D eigenvalue weighted by Gasteiger charge is 2.23. The van der Waals surface area contributed by atoms with Gasteiger partial charge in [-0.1, -0.05) is 6.58 Å². The van der Waals surface area contributed by atoms with E-state index in [1.54, 1.807) is 11.9 Å². The van der Waals surface area contributed by atoms with Crippen LogP contribution >= 0.6 is 0 Å². The van der Waals surface area contributed by atoms with Crippen molar-refractivity contribution in [3.8, 4) is 5.88 Å². The van der Waals surface area contributed by atoms with Gasteiger partial charge < -0.3 is 15.0 Å². The highest BCUT2D eigenvalue weighted by molar-refractivity contribution is 6.01. The van der Waals surface area contributed by atoms with Gasteiger partial charge in [-0.05, 0) is 13.0 Å². The van der Waals surface area contributed by atoms with Crippen molar-refractivity contribution in [2.75, 3.05) is 30.9 Å². The summed E-state index contributed by atoms with van der Waals surface area (Å²) in [5.41, 5.74) is -0.0909. The monoisotopic (exact) mass is 280 g/mol. The zero-order chi connectivity index (χ0) is 15.3. The van der Waals surface area contributed by atoms with E-state index in [4.69, 9.17) is 4.74 Å². The van der Waals surface area contributed by atoms with Gasteiger partial charge in [0.2, 0.25) is 5.91 Å². The van der Waals surface area contributed by atoms with Crippen molar-refractivity contribution >= 4 is 23.1 Å². The SMILES string of the molecule is C=CC(=O)Nc1cc([N+](=O)[O-])c(OC)nc1N(C)CC. The summed E-state index contributed by atoms with van der Waals surface area (Å²) in [4.78, 5) is 27.6. The molecule has 0 saturated heterocycles. The van der Waals surface area contributed by atoms with Crippen LogP contribution in [0.2, 0.25) is 0 Å². The minimum atomic E-state index is -0.620. The molecule has 20 heavy (non-hydrogen) atoms. The molecule has 0 aliphatic rings. The fraction of sp³-hybridized carbons (Fsp3) is 0.333. The first-order valence-electron chi connectivity index (χ1n) is 5.82. The quantitative estimate of drug-likeness (QED) is 0.482. The average molecular weight is 280 g/mol. The summed E-state index contributed by atoms with van der Waals surface area (Å²) in [5, 5.41) is 13.5. The maximum atomic E-state index is 11.4. The van der Waals surface area contributed by atoms with Crippen LogP contribution in [0, 0.1) is 10.1 Å². The maximum absolute atomic E-state index is 11.4. The molecular formula is C12H16N4O4. The Hall–Kier alpha value is -2.64. The number of carbonyl (C=O) groups excluding carboxylic acids is 1. The molecule has 108 valence electrons. The highest BCUT2D eigenvalue weighted by atomic mass is 16.6. The second-order valence-electron chi connectivity index (χ2n) is 3.85. The van der Waals surface area contributed by atoms with Crippen LogP contribution in [0.15, 0.2) is 18.7 Å². The number of methoxy groups -OCH3 is 1. The van der Waals surface area contributed by atoms with E-state index in [2.05, 4.69) is 16.9 Å². The lowest BCUT2D eigenvalue weighted by atomic mass is 10.3. The number of nitrogens with zero attached hydrogens (tertiary/aromatic N) is 3. The Bertz CT molecular complexity index is 545. The van der Waals surface area contributed by atoms with Crippen LogP contribution in [0.5, 0.6) is 5.88 Å². The van der Waals surface area contributed by atoms with E-state index in [0.717, 1.165) is 6.08 Å². The van der Waals surface area contributed by atoms with Gasteiger partial charge in [-0.2, -0.15) is 4.98 Å². The molecule has 0 fully saturated rings. The Morgan fingerprint density at radius 3 is 2.80 bits per heavy atom. The van der Waals surface area contributed by atoms with Crippen LogP contribution in [-0.2, 0) is 4.79 Å². The third-order valence-corrected chi connectivity index (χ3v) is 2.62. The number of nitrogens with one attached hydrogen (secondary N) is 1. The molecule has 0 radical (unpaired) electrons. The topological polar surface area (TPSA) is 97.6 Å². The van der Waals surface area contributed by atoms with E-state index < -0.39 is 10.8 Å². The first-order chi connectivity index (χ1) is 9.44. The van der Waals surface area contributed by atoms with E-state index >= 15 is 0 Å². The number of hydrogen-bond donors (Lipinski definition) is 1. The van der Waals surface area contributed by atoms with E-state index in [0.29, 0.717) is 12.4 Å². The molecule has 1 amide bonds. The number of aromatic nitrogens is 1. The highest BCUT2D eigenvalue weighted by Crippen LogP contribution is 2.34. The van der Waals surface area contributed by atoms with E-state index in [1.807, 2.05) is 6.92 Å². The van der Waals surface area contributed by atoms with Crippen LogP contribution in [0.25, 0.3) is 0 Å². The number of ether oxygens (including phenoxy) is 1. The smallest absolute Gasteiger partial charge is 0.333 e. The molecule has 1 heterocycles. The molecule has 0 unspecified atom stereocenters. The summed E-state index contributed by atoms with van der Waals surface area (Å²) >= 11 is 0. The number of hydrogen-bond acceptors (Lipinski definition) is 6. The zero-order valence-corrected chi connectivity index (χ0v) is 11.5. The van der Waals surface area contributed by atoms with Gasteiger partial charge in [0.15, 0.2) is 5.82 Å². The van der Waals surface area contributed by atoms with Gasteiger partial charge in [-0.15, -0.1) is 0 Å². The van der Waals surface area contributed by atoms with Gasteiger partial charge in [0.1, 0.15) is 0 Å². The van der Waals surface area contributed by atoms with Crippen LogP contribution in [-0.4, -0.2) is 36.5 Å². The summed E-state index contributed by atoms with van der Waals surface area (Å²) in [6, 6.07) is 1.22. The minimum Gasteiger partial charge on any atom is -0.476 e. The number of pyridine rings is 1. The first kappa shape index (κ1) is 15.4. The lowest BCUT2D eigenvalue weighted by Gasteiger charge is -2.19. The zero-order valence-electron chi connectivity index (χ0n) is 11.5. The number of amides is 1. The van der Waals surface area contributed by atoms with E-state index in [9.17, 15) is 14.9 Å². The molecule has 1 aromatic heterocycles. The van der Waals surface area contributed by atoms with Gasteiger partial charge in [0.25, 0.3) is 5.88 Å². The largest absolute Gasteiger partial charge is 0.476 e. The van der Waals surface area contributed by atoms with Crippen molar-refractivity contribution in [1.29, 1.82) is 0 Å². The lowest BCUT2D eigenvalue weighted by Crippen LogP contribution is -2.21. The van der Waals surface area contributed by atoms with Crippen LogP contribution < -0.4 is 15.0 Å². The molecule has 8 nitrogen and oxygen atoms in total. The molecule has 0 aromatic carbocycles. The normalized spacial score (nSPS) is 9.75. The number of nitro groups is 1. The molecule has 0 atom stereocenters. The Morgan fingerprint density at radius 1 is 1.70 bits per heavy atom. The molecule has 8 heteroatoms. The summed E-state index contributed by atoms with van der Waals surface area (Å²) < 4.78 is 4.92. The molecular weight excluding hydrogens is 264 g/mol. The van der Waals surface area contributed by atoms with Gasteiger partial charge in [0.05, 0.1) is 17.7 Å². The van der Waals surface area contributed by atoms with Crippen LogP contribution in [0.1, 0.15) is 6.92 Å². The Balaban J connectivity index is 3.42. The Morgan fingerprint density at radius 2 is 2.35 bits per heavy atom. The predicted octanol–water partition coefficient (Wildman–Crippen LogP) is 1.58. The Kier molecular flexibility index (Phi) is 5.01. The van der Waals surface area contributed by atoms with Crippen LogP contribution in [0.3, 0.4) is 0 Å². The van der Waals surface area contributed by atoms with E-state index in [-0.39, 0.29) is 17.3 Å². The van der Waals surface area contributed by atoms with E-state index in [1.165, 1.54) is 13.2 Å². The predicted molar refractivity (Wildman–Crippen MR) is 75.2 cm³/mol. The Labute approximate surface area is 116 Å². The summed E-state index contributed by atoms with van der Waals surface area (Å²) in [6.07, 6.45) is 1.08. The van der Waals surface area contributed by atoms with Crippen molar-refractivity contribution in [3.63, 3.8) is 0 Å². The molecule has 0 saturated carbocycles. The lowest BCUT2D eigenvalue weighted by molar-refractivity contribution is -0.386. The minimum absolute atomic E-state index is 0.109. The van der Waals surface area contributed by atoms with Crippen molar-refractivity contribution < 1.29 is 14.5 Å². The second-order valence-corrected chi connectivity index (χ2v) is 3.85. The van der Waals surface area contributed by atoms with Gasteiger partial charge >= 0.3 is 5.69 Å². The number of rotatable bonds is 6. The maximum Gasteiger partial charge on any atom is 0.333 e. The fourth-order valence-corrected chi connectivity index (χ4v) is 1.47. The van der Waals surface area contributed by atoms with Crippen molar-refractivity contribution in [2.45, 2.75) is 6.92 Å². The fourth-order valence-electron chi connectivity index (χ4n) is 1.47. The molecule has 1 rings (SSSR count). The third-order valence-electron chi connectivity index (χ3n) is 2.62. The van der Waals surface area contributed by atoms with Gasteiger partial charge in [-0.3, -0.25) is 14.9 Å². The molecule has 0 aliphatic heterocycles. The van der Waals surface area contributed by atoms with Crippen molar-refractivity contribution in [1.82, 2.24) is 4.98 Å². The van der Waals surface area contributed by atoms with Crippen molar-refractivity contribution in [3.05, 3.63) is 28.8 Å². The van der Waals surface area contributed by atoms with Crippen LogP contribution in [0.4, 0.5) is 17.2 Å². The van der Waals surface area contributed by atoms with Gasteiger partial charge in [-0.25, -0.2) is 0 Å². The number of anilines is 2. The number of carbonyl (C=O) groups is 1. The molecule has 0 spiro atoms.